The summed E-state index contributed by atoms with van der Waals surface area (Å²) in [6, 6.07) is 3.88. The van der Waals surface area contributed by atoms with E-state index in [4.69, 9.17) is 0 Å². The molecule has 1 aliphatic rings. The molecule has 66 valence electrons. The molecule has 0 amide bonds. The highest BCUT2D eigenvalue weighted by molar-refractivity contribution is 5.78. The Morgan fingerprint density at radius 2 is 2.15 bits per heavy atom. The van der Waals surface area contributed by atoms with Gasteiger partial charge in [0, 0.05) is 17.8 Å². The number of pyridine rings is 1. The van der Waals surface area contributed by atoms with Gasteiger partial charge < -0.3 is 0 Å². The van der Waals surface area contributed by atoms with Gasteiger partial charge in [0.25, 0.3) is 0 Å². The van der Waals surface area contributed by atoms with Crippen molar-refractivity contribution in [2.75, 3.05) is 0 Å². The molecule has 0 fully saturated rings. The smallest absolute Gasteiger partial charge is 0.0883 e. The minimum Gasteiger partial charge on any atom is -0.258 e. The number of allylic oxidation sites excluding steroid dienone is 1. The molecule has 2 rings (SSSR count). The van der Waals surface area contributed by atoms with Gasteiger partial charge in [-0.15, -0.1) is 0 Å². The zero-order chi connectivity index (χ0) is 9.31. The van der Waals surface area contributed by atoms with Crippen molar-refractivity contribution in [2.24, 2.45) is 10.4 Å². The lowest BCUT2D eigenvalue weighted by Crippen LogP contribution is -2.07. The van der Waals surface area contributed by atoms with Crippen LogP contribution in [-0.2, 0) is 0 Å². The first-order valence-electron chi connectivity index (χ1n) is 4.37. The van der Waals surface area contributed by atoms with E-state index in [2.05, 4.69) is 29.9 Å². The van der Waals surface area contributed by atoms with Gasteiger partial charge in [-0.25, -0.2) is 0 Å². The van der Waals surface area contributed by atoms with Crippen molar-refractivity contribution in [2.45, 2.75) is 13.8 Å². The molecule has 13 heavy (non-hydrogen) atoms. The summed E-state index contributed by atoms with van der Waals surface area (Å²) in [4.78, 5) is 8.63. The summed E-state index contributed by atoms with van der Waals surface area (Å²) in [6.45, 7) is 4.25. The summed E-state index contributed by atoms with van der Waals surface area (Å²) in [5.41, 5.74) is 1.93. The minimum atomic E-state index is 0.0285. The predicted octanol–water partition coefficient (Wildman–Crippen LogP) is 2.84. The molecule has 0 saturated carbocycles. The van der Waals surface area contributed by atoms with E-state index in [0.717, 1.165) is 11.4 Å². The molecule has 1 aromatic rings. The average Bonchev–Trinajstić information content (AvgIpc) is 2.27. The highest BCUT2D eigenvalue weighted by atomic mass is 14.8. The summed E-state index contributed by atoms with van der Waals surface area (Å²) in [5, 5.41) is 0. The molecule has 0 atom stereocenters. The number of hydrogen-bond donors (Lipinski definition) is 0. The fourth-order valence-corrected chi connectivity index (χ4v) is 1.22. The minimum absolute atomic E-state index is 0.0285. The van der Waals surface area contributed by atoms with E-state index in [9.17, 15) is 0 Å². The Hall–Kier alpha value is -1.44. The topological polar surface area (TPSA) is 25.2 Å². The van der Waals surface area contributed by atoms with Crippen molar-refractivity contribution in [1.82, 2.24) is 4.98 Å². The Kier molecular flexibility index (Phi) is 1.76. The molecule has 0 saturated heterocycles. The summed E-state index contributed by atoms with van der Waals surface area (Å²) in [5.74, 6) is 0. The summed E-state index contributed by atoms with van der Waals surface area (Å²) >= 11 is 0. The van der Waals surface area contributed by atoms with Crippen molar-refractivity contribution < 1.29 is 0 Å². The quantitative estimate of drug-likeness (QED) is 0.590. The molecule has 0 unspecified atom stereocenters. The Morgan fingerprint density at radius 3 is 3.00 bits per heavy atom. The molecule has 0 spiro atoms. The van der Waals surface area contributed by atoms with Crippen molar-refractivity contribution >= 4 is 18.0 Å². The maximum absolute atomic E-state index is 4.39. The lowest BCUT2D eigenvalue weighted by atomic mass is 9.95. The second-order valence-electron chi connectivity index (χ2n) is 3.82. The van der Waals surface area contributed by atoms with Gasteiger partial charge in [-0.1, -0.05) is 19.9 Å². The molecular weight excluding hydrogens is 160 g/mol. The van der Waals surface area contributed by atoms with Crippen molar-refractivity contribution in [1.29, 1.82) is 0 Å². The van der Waals surface area contributed by atoms with Crippen LogP contribution in [0, 0.1) is 5.41 Å². The third-order valence-corrected chi connectivity index (χ3v) is 2.02. The van der Waals surface area contributed by atoms with Crippen LogP contribution < -0.4 is 0 Å². The molecule has 0 aromatic carbocycles. The van der Waals surface area contributed by atoms with Gasteiger partial charge in [0.2, 0.25) is 0 Å². The van der Waals surface area contributed by atoms with Crippen LogP contribution in [0.2, 0.25) is 0 Å². The number of rotatable bonds is 0. The van der Waals surface area contributed by atoms with Gasteiger partial charge in [0.1, 0.15) is 0 Å². The molecule has 0 radical (unpaired) electrons. The first-order valence-corrected chi connectivity index (χ1v) is 4.37. The number of nitrogens with zero attached hydrogens (tertiary/aromatic N) is 2. The van der Waals surface area contributed by atoms with Gasteiger partial charge >= 0.3 is 0 Å². The molecule has 1 aliphatic heterocycles. The highest BCUT2D eigenvalue weighted by Gasteiger charge is 2.13. The maximum atomic E-state index is 4.39. The third kappa shape index (κ3) is 1.66. The highest BCUT2D eigenvalue weighted by Crippen LogP contribution is 2.26. The molecule has 0 bridgehead atoms. The molecule has 2 heteroatoms. The standard InChI is InChI=1S/C11H12N2/c1-11(2)6-5-10-9(13-8-11)4-3-7-12-10/h3-8H,1-2H3. The Balaban J connectivity index is 2.53. The number of hydrogen-bond acceptors (Lipinski definition) is 2. The SMILES string of the molecule is CC1(C)C=Cc2ncccc2N=C1. The van der Waals surface area contributed by atoms with E-state index < -0.39 is 0 Å². The first kappa shape index (κ1) is 8.17. The van der Waals surface area contributed by atoms with Gasteiger partial charge in [0.15, 0.2) is 0 Å². The number of fused-ring (bicyclic) bond motifs is 1. The van der Waals surface area contributed by atoms with E-state index >= 15 is 0 Å². The Bertz CT molecular complexity index is 340. The van der Waals surface area contributed by atoms with Gasteiger partial charge in [0.05, 0.1) is 11.4 Å². The molecule has 2 heterocycles. The predicted molar refractivity (Wildman–Crippen MR) is 55.2 cm³/mol. The Labute approximate surface area is 78.0 Å². The second-order valence-corrected chi connectivity index (χ2v) is 3.82. The molecule has 2 nitrogen and oxygen atoms in total. The summed E-state index contributed by atoms with van der Waals surface area (Å²) in [7, 11) is 0. The summed E-state index contributed by atoms with van der Waals surface area (Å²) < 4.78 is 0. The van der Waals surface area contributed by atoms with Crippen LogP contribution in [0.3, 0.4) is 0 Å². The van der Waals surface area contributed by atoms with E-state index in [1.54, 1.807) is 6.20 Å². The second kappa shape index (κ2) is 2.80. The largest absolute Gasteiger partial charge is 0.258 e. The lowest BCUT2D eigenvalue weighted by Gasteiger charge is -2.10. The summed E-state index contributed by atoms with van der Waals surface area (Å²) in [6.07, 6.45) is 7.89. The average molecular weight is 172 g/mol. The van der Waals surface area contributed by atoms with E-state index in [1.807, 2.05) is 24.4 Å². The van der Waals surface area contributed by atoms with E-state index in [1.165, 1.54) is 0 Å². The fraction of sp³-hybridized carbons (Fsp3) is 0.273. The first-order chi connectivity index (χ1) is 6.17. The van der Waals surface area contributed by atoms with Crippen LogP contribution in [0.1, 0.15) is 19.5 Å². The van der Waals surface area contributed by atoms with Crippen molar-refractivity contribution in [3.63, 3.8) is 0 Å². The van der Waals surface area contributed by atoms with Crippen LogP contribution in [0.25, 0.3) is 6.08 Å². The van der Waals surface area contributed by atoms with Crippen LogP contribution >= 0.6 is 0 Å². The van der Waals surface area contributed by atoms with E-state index in [0.29, 0.717) is 0 Å². The molecular formula is C11H12N2. The Morgan fingerprint density at radius 1 is 1.31 bits per heavy atom. The van der Waals surface area contributed by atoms with Crippen molar-refractivity contribution in [3.8, 4) is 0 Å². The van der Waals surface area contributed by atoms with Gasteiger partial charge in [-0.3, -0.25) is 9.98 Å². The van der Waals surface area contributed by atoms with Gasteiger partial charge in [-0.2, -0.15) is 0 Å². The van der Waals surface area contributed by atoms with Crippen LogP contribution in [-0.4, -0.2) is 11.2 Å². The maximum Gasteiger partial charge on any atom is 0.0883 e. The number of aromatic nitrogens is 1. The molecule has 0 N–H and O–H groups in total. The van der Waals surface area contributed by atoms with E-state index in [-0.39, 0.29) is 5.41 Å². The number of aliphatic imine (C=N–C) groups is 1. The monoisotopic (exact) mass is 172 g/mol. The van der Waals surface area contributed by atoms with Crippen molar-refractivity contribution in [3.05, 3.63) is 30.1 Å². The molecule has 1 aromatic heterocycles. The van der Waals surface area contributed by atoms with Crippen LogP contribution in [0.15, 0.2) is 29.4 Å². The normalized spacial score (nSPS) is 18.0. The van der Waals surface area contributed by atoms with Crippen LogP contribution in [0.5, 0.6) is 0 Å². The molecule has 0 aliphatic carbocycles. The van der Waals surface area contributed by atoms with Gasteiger partial charge in [-0.05, 0) is 18.2 Å². The van der Waals surface area contributed by atoms with Crippen LogP contribution in [0.4, 0.5) is 5.69 Å². The zero-order valence-electron chi connectivity index (χ0n) is 7.86. The lowest BCUT2D eigenvalue weighted by molar-refractivity contribution is 0.699. The fourth-order valence-electron chi connectivity index (χ4n) is 1.22. The third-order valence-electron chi connectivity index (χ3n) is 2.02. The zero-order valence-corrected chi connectivity index (χ0v) is 7.86.